The first kappa shape index (κ1) is 15.1. The summed E-state index contributed by atoms with van der Waals surface area (Å²) in [7, 11) is 1.45. The molecule has 0 aliphatic rings. The van der Waals surface area contributed by atoms with Crippen LogP contribution in [0.15, 0.2) is 48.5 Å². The van der Waals surface area contributed by atoms with E-state index in [1.165, 1.54) is 13.2 Å². The van der Waals surface area contributed by atoms with Crippen molar-refractivity contribution in [3.63, 3.8) is 0 Å². The van der Waals surface area contributed by atoms with Crippen molar-refractivity contribution in [1.29, 1.82) is 0 Å². The van der Waals surface area contributed by atoms with E-state index in [1.807, 2.05) is 30.3 Å². The summed E-state index contributed by atoms with van der Waals surface area (Å²) in [4.78, 5) is 12.0. The second-order valence-corrected chi connectivity index (χ2v) is 4.85. The number of ketones is 1. The lowest BCUT2D eigenvalue weighted by Gasteiger charge is -2.11. The number of aliphatic hydroxyl groups is 1. The number of methoxy groups -OCH3 is 1. The van der Waals surface area contributed by atoms with Crippen LogP contribution >= 0.6 is 0 Å². The quantitative estimate of drug-likeness (QED) is 0.853. The second-order valence-electron chi connectivity index (χ2n) is 4.85. The van der Waals surface area contributed by atoms with Crippen molar-refractivity contribution >= 4 is 5.78 Å². The SMILES string of the molecule is COc1cc(CC(=O)C(O)Cc2ccccc2)ccc1O. The van der Waals surface area contributed by atoms with Crippen LogP contribution < -0.4 is 4.74 Å². The van der Waals surface area contributed by atoms with Crippen molar-refractivity contribution in [3.8, 4) is 11.5 Å². The summed E-state index contributed by atoms with van der Waals surface area (Å²) in [6, 6.07) is 14.1. The Balaban J connectivity index is 2.00. The molecule has 0 aliphatic heterocycles. The number of phenolic OH excluding ortho intramolecular Hbond substituents is 1. The van der Waals surface area contributed by atoms with E-state index < -0.39 is 6.10 Å². The van der Waals surface area contributed by atoms with Crippen LogP contribution in [0.25, 0.3) is 0 Å². The zero-order valence-electron chi connectivity index (χ0n) is 11.8. The zero-order chi connectivity index (χ0) is 15.2. The molecule has 1 atom stereocenters. The van der Waals surface area contributed by atoms with Gasteiger partial charge < -0.3 is 14.9 Å². The van der Waals surface area contributed by atoms with Crippen LogP contribution in [-0.4, -0.2) is 29.2 Å². The smallest absolute Gasteiger partial charge is 0.165 e. The number of Topliss-reactive ketones (excluding diaryl/α,β-unsaturated/α-hetero) is 1. The predicted octanol–water partition coefficient (Wildman–Crippen LogP) is 2.12. The normalized spacial score (nSPS) is 11.9. The Morgan fingerprint density at radius 1 is 1.14 bits per heavy atom. The van der Waals surface area contributed by atoms with Gasteiger partial charge in [-0.1, -0.05) is 36.4 Å². The number of hydrogen-bond acceptors (Lipinski definition) is 4. The minimum absolute atomic E-state index is 0.0264. The second kappa shape index (κ2) is 6.90. The van der Waals surface area contributed by atoms with Gasteiger partial charge in [0.1, 0.15) is 6.10 Å². The van der Waals surface area contributed by atoms with Gasteiger partial charge in [-0.3, -0.25) is 4.79 Å². The molecule has 0 aromatic heterocycles. The molecule has 0 bridgehead atoms. The third-order valence-electron chi connectivity index (χ3n) is 3.27. The Hall–Kier alpha value is -2.33. The number of phenols is 1. The molecular weight excluding hydrogens is 268 g/mol. The number of hydrogen-bond donors (Lipinski definition) is 2. The van der Waals surface area contributed by atoms with Crippen molar-refractivity contribution in [3.05, 3.63) is 59.7 Å². The molecule has 2 rings (SSSR count). The largest absolute Gasteiger partial charge is 0.504 e. The number of aromatic hydroxyl groups is 1. The van der Waals surface area contributed by atoms with Crippen LogP contribution in [0.4, 0.5) is 0 Å². The summed E-state index contributed by atoms with van der Waals surface area (Å²) in [6.07, 6.45) is -0.633. The van der Waals surface area contributed by atoms with E-state index in [-0.39, 0.29) is 18.0 Å². The summed E-state index contributed by atoms with van der Waals surface area (Å²) in [5.74, 6) is 0.0861. The van der Waals surface area contributed by atoms with Crippen LogP contribution in [0.3, 0.4) is 0 Å². The Bertz CT molecular complexity index is 607. The highest BCUT2D eigenvalue weighted by Gasteiger charge is 2.16. The third kappa shape index (κ3) is 4.07. The van der Waals surface area contributed by atoms with Gasteiger partial charge in [-0.25, -0.2) is 0 Å². The number of carbonyl (C=O) groups excluding carboxylic acids is 1. The molecule has 0 heterocycles. The highest BCUT2D eigenvalue weighted by atomic mass is 16.5. The molecule has 0 fully saturated rings. The lowest BCUT2D eigenvalue weighted by atomic mass is 10.00. The van der Waals surface area contributed by atoms with E-state index in [0.29, 0.717) is 17.7 Å². The topological polar surface area (TPSA) is 66.8 Å². The number of ether oxygens (including phenoxy) is 1. The first-order valence-corrected chi connectivity index (χ1v) is 6.70. The predicted molar refractivity (Wildman–Crippen MR) is 79.5 cm³/mol. The number of benzene rings is 2. The molecule has 21 heavy (non-hydrogen) atoms. The number of carbonyl (C=O) groups is 1. The van der Waals surface area contributed by atoms with E-state index in [9.17, 15) is 15.0 Å². The molecule has 1 unspecified atom stereocenters. The van der Waals surface area contributed by atoms with Crippen LogP contribution in [-0.2, 0) is 17.6 Å². The highest BCUT2D eigenvalue weighted by molar-refractivity contribution is 5.85. The van der Waals surface area contributed by atoms with Gasteiger partial charge in [0, 0.05) is 12.8 Å². The molecule has 4 heteroatoms. The Morgan fingerprint density at radius 3 is 2.52 bits per heavy atom. The maximum Gasteiger partial charge on any atom is 0.165 e. The van der Waals surface area contributed by atoms with Crippen molar-refractivity contribution in [1.82, 2.24) is 0 Å². The van der Waals surface area contributed by atoms with Crippen LogP contribution in [0.5, 0.6) is 11.5 Å². The van der Waals surface area contributed by atoms with Gasteiger partial charge in [0.2, 0.25) is 0 Å². The fourth-order valence-electron chi connectivity index (χ4n) is 2.10. The van der Waals surface area contributed by atoms with Crippen molar-refractivity contribution in [2.45, 2.75) is 18.9 Å². The minimum Gasteiger partial charge on any atom is -0.504 e. The summed E-state index contributed by atoms with van der Waals surface area (Å²) >= 11 is 0. The molecule has 2 aromatic carbocycles. The molecule has 0 aliphatic carbocycles. The van der Waals surface area contributed by atoms with E-state index in [2.05, 4.69) is 0 Å². The maximum absolute atomic E-state index is 12.0. The summed E-state index contributed by atoms with van der Waals surface area (Å²) in [5.41, 5.74) is 1.61. The van der Waals surface area contributed by atoms with Crippen molar-refractivity contribution < 1.29 is 19.7 Å². The monoisotopic (exact) mass is 286 g/mol. The van der Waals surface area contributed by atoms with Crippen molar-refractivity contribution in [2.75, 3.05) is 7.11 Å². The van der Waals surface area contributed by atoms with Gasteiger partial charge in [-0.2, -0.15) is 0 Å². The van der Waals surface area contributed by atoms with Gasteiger partial charge in [0.25, 0.3) is 0 Å². The molecule has 0 saturated heterocycles. The standard InChI is InChI=1S/C17H18O4/c1-21-17-11-13(7-8-14(17)18)10-16(20)15(19)9-12-5-3-2-4-6-12/h2-8,11,15,18-19H,9-10H2,1H3. The van der Waals surface area contributed by atoms with Gasteiger partial charge in [0.05, 0.1) is 7.11 Å². The fraction of sp³-hybridized carbons (Fsp3) is 0.235. The molecule has 0 amide bonds. The third-order valence-corrected chi connectivity index (χ3v) is 3.27. The number of rotatable bonds is 6. The first-order valence-electron chi connectivity index (χ1n) is 6.70. The van der Waals surface area contributed by atoms with E-state index in [1.54, 1.807) is 12.1 Å². The lowest BCUT2D eigenvalue weighted by Crippen LogP contribution is -2.24. The Labute approximate surface area is 123 Å². The molecule has 4 nitrogen and oxygen atoms in total. The Kier molecular flexibility index (Phi) is 4.95. The molecule has 2 aromatic rings. The molecule has 2 N–H and O–H groups in total. The maximum atomic E-state index is 12.0. The van der Waals surface area contributed by atoms with Gasteiger partial charge in [0.15, 0.2) is 17.3 Å². The molecule has 110 valence electrons. The van der Waals surface area contributed by atoms with Crippen molar-refractivity contribution in [2.24, 2.45) is 0 Å². The molecule has 0 radical (unpaired) electrons. The van der Waals surface area contributed by atoms with E-state index >= 15 is 0 Å². The van der Waals surface area contributed by atoms with E-state index in [4.69, 9.17) is 4.74 Å². The first-order chi connectivity index (χ1) is 10.1. The fourth-order valence-corrected chi connectivity index (χ4v) is 2.10. The minimum atomic E-state index is -1.04. The number of aliphatic hydroxyl groups excluding tert-OH is 1. The van der Waals surface area contributed by atoms with Crippen LogP contribution in [0.2, 0.25) is 0 Å². The van der Waals surface area contributed by atoms with Gasteiger partial charge >= 0.3 is 0 Å². The average molecular weight is 286 g/mol. The van der Waals surface area contributed by atoms with Gasteiger partial charge in [-0.15, -0.1) is 0 Å². The lowest BCUT2D eigenvalue weighted by molar-refractivity contribution is -0.126. The highest BCUT2D eigenvalue weighted by Crippen LogP contribution is 2.26. The van der Waals surface area contributed by atoms with Crippen LogP contribution in [0, 0.1) is 0 Å². The molecule has 0 spiro atoms. The summed E-state index contributed by atoms with van der Waals surface area (Å²) in [5, 5.41) is 19.5. The average Bonchev–Trinajstić information content (AvgIpc) is 2.50. The Morgan fingerprint density at radius 2 is 1.86 bits per heavy atom. The zero-order valence-corrected chi connectivity index (χ0v) is 11.8. The van der Waals surface area contributed by atoms with Crippen LogP contribution in [0.1, 0.15) is 11.1 Å². The van der Waals surface area contributed by atoms with Gasteiger partial charge in [-0.05, 0) is 23.3 Å². The van der Waals surface area contributed by atoms with E-state index in [0.717, 1.165) is 5.56 Å². The summed E-state index contributed by atoms with van der Waals surface area (Å²) in [6.45, 7) is 0. The molecule has 0 saturated carbocycles. The summed E-state index contributed by atoms with van der Waals surface area (Å²) < 4.78 is 5.00. The molecular formula is C17H18O4.